The monoisotopic (exact) mass is 497 g/mol. The molecular formula is C18H13Br2NO4S. The lowest BCUT2D eigenvalue weighted by molar-refractivity contribution is 0.0971. The molecule has 1 aliphatic carbocycles. The third kappa shape index (κ3) is 3.10. The van der Waals surface area contributed by atoms with Crippen molar-refractivity contribution in [3.63, 3.8) is 0 Å². The van der Waals surface area contributed by atoms with Gasteiger partial charge >= 0.3 is 0 Å². The highest BCUT2D eigenvalue weighted by atomic mass is 79.9. The van der Waals surface area contributed by atoms with Crippen LogP contribution < -0.4 is 4.72 Å². The normalized spacial score (nSPS) is 14.5. The molecule has 134 valence electrons. The Bertz CT molecular complexity index is 1130. The average molecular weight is 499 g/mol. The summed E-state index contributed by atoms with van der Waals surface area (Å²) in [5.74, 6) is 0.703. The van der Waals surface area contributed by atoms with E-state index in [1.54, 1.807) is 24.3 Å². The number of halogens is 2. The maximum Gasteiger partial charge on any atom is 0.261 e. The van der Waals surface area contributed by atoms with Gasteiger partial charge in [-0.05, 0) is 58.7 Å². The number of anilines is 1. The number of carbonyl (C=O) groups is 1. The molecule has 0 atom stereocenters. The van der Waals surface area contributed by atoms with E-state index in [0.29, 0.717) is 45.3 Å². The number of fused-ring (bicyclic) bond motifs is 3. The average Bonchev–Trinajstić information content (AvgIpc) is 2.95. The maximum atomic E-state index is 12.6. The zero-order valence-corrected chi connectivity index (χ0v) is 17.4. The van der Waals surface area contributed by atoms with Crippen molar-refractivity contribution in [3.05, 3.63) is 56.7 Å². The number of carbonyl (C=O) groups excluding carboxylic acids is 1. The van der Waals surface area contributed by atoms with Gasteiger partial charge in [-0.25, -0.2) is 8.42 Å². The Labute approximate surface area is 167 Å². The van der Waals surface area contributed by atoms with E-state index in [2.05, 4.69) is 36.6 Å². The van der Waals surface area contributed by atoms with Crippen LogP contribution in [0.2, 0.25) is 0 Å². The largest absolute Gasteiger partial charge is 0.459 e. The molecular weight excluding hydrogens is 486 g/mol. The third-order valence-electron chi connectivity index (χ3n) is 4.28. The predicted octanol–water partition coefficient (Wildman–Crippen LogP) is 5.28. The van der Waals surface area contributed by atoms with Gasteiger partial charge in [0.1, 0.15) is 11.3 Å². The van der Waals surface area contributed by atoms with Crippen LogP contribution in [0.5, 0.6) is 0 Å². The first-order valence-corrected chi connectivity index (χ1v) is 11.0. The maximum absolute atomic E-state index is 12.6. The number of aryl methyl sites for hydroxylation is 1. The summed E-state index contributed by atoms with van der Waals surface area (Å²) in [6.45, 7) is 0. The van der Waals surface area contributed by atoms with Crippen molar-refractivity contribution in [2.24, 2.45) is 0 Å². The number of sulfonamides is 1. The Morgan fingerprint density at radius 2 is 1.77 bits per heavy atom. The number of nitrogens with one attached hydrogen (secondary N) is 1. The van der Waals surface area contributed by atoms with E-state index >= 15 is 0 Å². The second-order valence-electron chi connectivity index (χ2n) is 6.07. The highest BCUT2D eigenvalue weighted by Crippen LogP contribution is 2.38. The minimum Gasteiger partial charge on any atom is -0.459 e. The summed E-state index contributed by atoms with van der Waals surface area (Å²) in [6.07, 6.45) is 1.96. The summed E-state index contributed by atoms with van der Waals surface area (Å²) in [7, 11) is -3.74. The molecule has 0 saturated carbocycles. The molecule has 4 rings (SSSR count). The molecule has 26 heavy (non-hydrogen) atoms. The van der Waals surface area contributed by atoms with E-state index in [4.69, 9.17) is 4.42 Å². The highest BCUT2D eigenvalue weighted by Gasteiger charge is 2.26. The van der Waals surface area contributed by atoms with Crippen LogP contribution in [0, 0.1) is 0 Å². The molecule has 0 bridgehead atoms. The lowest BCUT2D eigenvalue weighted by atomic mass is 9.94. The smallest absolute Gasteiger partial charge is 0.261 e. The van der Waals surface area contributed by atoms with Gasteiger partial charge in [-0.15, -0.1) is 0 Å². The summed E-state index contributed by atoms with van der Waals surface area (Å²) in [6, 6.07) is 9.66. The molecule has 1 heterocycles. The van der Waals surface area contributed by atoms with E-state index in [-0.39, 0.29) is 10.7 Å². The van der Waals surface area contributed by atoms with Gasteiger partial charge in [0.05, 0.1) is 20.6 Å². The Hall–Kier alpha value is -1.64. The highest BCUT2D eigenvalue weighted by molar-refractivity contribution is 9.11. The van der Waals surface area contributed by atoms with Crippen LogP contribution in [0.25, 0.3) is 11.0 Å². The summed E-state index contributed by atoms with van der Waals surface area (Å²) in [5.41, 5.74) is 1.50. The molecule has 0 unspecified atom stereocenters. The lowest BCUT2D eigenvalue weighted by Crippen LogP contribution is -2.13. The van der Waals surface area contributed by atoms with Crippen LogP contribution in [0.15, 0.2) is 54.7 Å². The lowest BCUT2D eigenvalue weighted by Gasteiger charge is -2.10. The zero-order valence-electron chi connectivity index (χ0n) is 13.4. The molecule has 5 nitrogen and oxygen atoms in total. The molecule has 0 amide bonds. The van der Waals surface area contributed by atoms with E-state index in [1.165, 1.54) is 12.1 Å². The third-order valence-corrected chi connectivity index (χ3v) is 6.79. The van der Waals surface area contributed by atoms with Crippen LogP contribution in [0.4, 0.5) is 5.69 Å². The number of hydrogen-bond donors (Lipinski definition) is 1. The topological polar surface area (TPSA) is 76.4 Å². The minimum atomic E-state index is -3.74. The van der Waals surface area contributed by atoms with Gasteiger partial charge in [-0.3, -0.25) is 9.52 Å². The van der Waals surface area contributed by atoms with Crippen molar-refractivity contribution in [2.45, 2.75) is 24.2 Å². The van der Waals surface area contributed by atoms with Gasteiger partial charge in [-0.1, -0.05) is 15.9 Å². The number of Topliss-reactive ketones (excluding diaryl/α,β-unsaturated/α-hetero) is 1. The standard InChI is InChI=1S/C18H13Br2NO4S/c19-10-4-6-12(7-5-10)26(23,24)21-11-8-13-17-15(22)2-1-3-16(17)25-18(13)14(20)9-11/h4-9,21H,1-3H2. The fraction of sp³-hybridized carbons (Fsp3) is 0.167. The molecule has 3 aromatic rings. The van der Waals surface area contributed by atoms with Gasteiger partial charge in [0.15, 0.2) is 5.78 Å². The Morgan fingerprint density at radius 3 is 2.50 bits per heavy atom. The number of hydrogen-bond acceptors (Lipinski definition) is 4. The van der Waals surface area contributed by atoms with E-state index < -0.39 is 10.0 Å². The first kappa shape index (κ1) is 17.8. The Morgan fingerprint density at radius 1 is 1.04 bits per heavy atom. The predicted molar refractivity (Wildman–Crippen MR) is 106 cm³/mol. The molecule has 0 spiro atoms. The minimum absolute atomic E-state index is 0.0322. The van der Waals surface area contributed by atoms with E-state index in [0.717, 1.165) is 10.9 Å². The molecule has 1 aromatic heterocycles. The van der Waals surface area contributed by atoms with Crippen molar-refractivity contribution < 1.29 is 17.6 Å². The van der Waals surface area contributed by atoms with Crippen LogP contribution in [0.3, 0.4) is 0 Å². The molecule has 1 aliphatic rings. The quantitative estimate of drug-likeness (QED) is 0.533. The first-order valence-electron chi connectivity index (χ1n) is 7.92. The second-order valence-corrected chi connectivity index (χ2v) is 9.52. The number of ketones is 1. The van der Waals surface area contributed by atoms with Crippen LogP contribution in [-0.4, -0.2) is 14.2 Å². The van der Waals surface area contributed by atoms with E-state index in [9.17, 15) is 13.2 Å². The van der Waals surface area contributed by atoms with Crippen molar-refractivity contribution in [1.82, 2.24) is 0 Å². The van der Waals surface area contributed by atoms with E-state index in [1.807, 2.05) is 0 Å². The second kappa shape index (κ2) is 6.51. The number of benzene rings is 2. The van der Waals surface area contributed by atoms with Crippen LogP contribution in [-0.2, 0) is 16.4 Å². The summed E-state index contributed by atoms with van der Waals surface area (Å²) in [5, 5.41) is 0.632. The molecule has 0 radical (unpaired) electrons. The molecule has 0 saturated heterocycles. The zero-order chi connectivity index (χ0) is 18.5. The van der Waals surface area contributed by atoms with Gasteiger partial charge in [0, 0.05) is 22.7 Å². The van der Waals surface area contributed by atoms with Crippen molar-refractivity contribution in [3.8, 4) is 0 Å². The van der Waals surface area contributed by atoms with Crippen LogP contribution >= 0.6 is 31.9 Å². The number of rotatable bonds is 3. The summed E-state index contributed by atoms with van der Waals surface area (Å²) < 4.78 is 35.0. The fourth-order valence-corrected chi connectivity index (χ4v) is 4.96. The Kier molecular flexibility index (Phi) is 4.45. The van der Waals surface area contributed by atoms with Gasteiger partial charge < -0.3 is 4.42 Å². The molecule has 0 fully saturated rings. The van der Waals surface area contributed by atoms with Gasteiger partial charge in [0.25, 0.3) is 10.0 Å². The molecule has 2 aromatic carbocycles. The summed E-state index contributed by atoms with van der Waals surface area (Å²) >= 11 is 6.71. The van der Waals surface area contributed by atoms with Crippen LogP contribution in [0.1, 0.15) is 29.0 Å². The molecule has 1 N–H and O–H groups in total. The number of furan rings is 1. The Balaban J connectivity index is 1.79. The van der Waals surface area contributed by atoms with Gasteiger partial charge in [-0.2, -0.15) is 0 Å². The van der Waals surface area contributed by atoms with Gasteiger partial charge in [0.2, 0.25) is 0 Å². The first-order chi connectivity index (χ1) is 12.3. The molecule has 0 aliphatic heterocycles. The molecule has 8 heteroatoms. The van der Waals surface area contributed by atoms with Crippen molar-refractivity contribution in [2.75, 3.05) is 4.72 Å². The van der Waals surface area contributed by atoms with Crippen molar-refractivity contribution >= 4 is 64.3 Å². The summed E-state index contributed by atoms with van der Waals surface area (Å²) in [4.78, 5) is 12.5. The van der Waals surface area contributed by atoms with Crippen molar-refractivity contribution in [1.29, 1.82) is 0 Å². The SMILES string of the molecule is O=C1CCCc2oc3c(Br)cc(NS(=O)(=O)c4ccc(Br)cc4)cc3c21. The fourth-order valence-electron chi connectivity index (χ4n) is 3.11.